The van der Waals surface area contributed by atoms with E-state index >= 15 is 0 Å². The number of anilines is 1. The fraction of sp³-hybridized carbons (Fsp3) is 0.385. The summed E-state index contributed by atoms with van der Waals surface area (Å²) in [6.07, 6.45) is 2.66. The lowest BCUT2D eigenvalue weighted by molar-refractivity contribution is 0.692. The van der Waals surface area contributed by atoms with Crippen LogP contribution in [0.25, 0.3) is 11.2 Å². The van der Waals surface area contributed by atoms with Crippen molar-refractivity contribution in [2.45, 2.75) is 30.3 Å². The Hall–Kier alpha value is -2.09. The number of aryl methyl sites for hydroxylation is 2. The van der Waals surface area contributed by atoms with Crippen LogP contribution in [0.3, 0.4) is 0 Å². The predicted octanol–water partition coefficient (Wildman–Crippen LogP) is 2.37. The third kappa shape index (κ3) is 2.85. The zero-order valence-electron chi connectivity index (χ0n) is 12.2. The number of imidazole rings is 1. The molecule has 8 heteroatoms. The molecule has 0 bridgehead atoms. The molecule has 0 saturated carbocycles. The molecule has 3 aromatic heterocycles. The maximum Gasteiger partial charge on any atom is 0.225 e. The van der Waals surface area contributed by atoms with Crippen LogP contribution >= 0.6 is 11.8 Å². The topological polar surface area (TPSA) is 84.3 Å². The first-order valence-electron chi connectivity index (χ1n) is 6.81. The molecule has 2 N–H and O–H groups in total. The van der Waals surface area contributed by atoms with Crippen LogP contribution in [-0.4, -0.2) is 36.3 Å². The first-order valence-corrected chi connectivity index (χ1v) is 7.62. The molecule has 110 valence electrons. The van der Waals surface area contributed by atoms with Crippen LogP contribution in [0, 0.1) is 6.92 Å². The molecule has 3 aromatic rings. The number of hydrogen-bond donors (Lipinski definition) is 2. The Kier molecular flexibility index (Phi) is 3.78. The van der Waals surface area contributed by atoms with E-state index in [1.165, 1.54) is 0 Å². The van der Waals surface area contributed by atoms with Crippen LogP contribution in [0.4, 0.5) is 5.95 Å². The average molecular weight is 303 g/mol. The van der Waals surface area contributed by atoms with Crippen LogP contribution < -0.4 is 5.32 Å². The molecular weight excluding hydrogens is 286 g/mol. The molecule has 3 rings (SSSR count). The first-order chi connectivity index (χ1) is 10.2. The second-order valence-electron chi connectivity index (χ2n) is 4.73. The van der Waals surface area contributed by atoms with Crippen molar-refractivity contribution in [3.8, 4) is 0 Å². The van der Waals surface area contributed by atoms with E-state index in [0.717, 1.165) is 34.2 Å². The minimum Gasteiger partial charge on any atom is -0.354 e. The Morgan fingerprint density at radius 1 is 1.38 bits per heavy atom. The van der Waals surface area contributed by atoms with E-state index < -0.39 is 0 Å². The van der Waals surface area contributed by atoms with Crippen LogP contribution in [0.15, 0.2) is 22.4 Å². The quantitative estimate of drug-likeness (QED) is 0.704. The summed E-state index contributed by atoms with van der Waals surface area (Å²) in [5.74, 6) is 0.609. The van der Waals surface area contributed by atoms with Gasteiger partial charge in [-0.05, 0) is 31.2 Å². The van der Waals surface area contributed by atoms with Crippen molar-refractivity contribution in [1.29, 1.82) is 0 Å². The normalized spacial score (nSPS) is 11.2. The molecule has 0 spiro atoms. The van der Waals surface area contributed by atoms with Crippen LogP contribution in [0.5, 0.6) is 0 Å². The van der Waals surface area contributed by atoms with E-state index in [9.17, 15) is 0 Å². The van der Waals surface area contributed by atoms with Crippen molar-refractivity contribution in [1.82, 2.24) is 29.7 Å². The van der Waals surface area contributed by atoms with E-state index in [-0.39, 0.29) is 0 Å². The molecule has 0 aliphatic heterocycles. The van der Waals surface area contributed by atoms with Gasteiger partial charge in [-0.15, -0.1) is 0 Å². The maximum absolute atomic E-state index is 4.58. The molecular formula is C13H17N7S. The smallest absolute Gasteiger partial charge is 0.225 e. The highest BCUT2D eigenvalue weighted by atomic mass is 32.2. The molecule has 0 aromatic carbocycles. The number of hydrogen-bond acceptors (Lipinski definition) is 6. The number of rotatable bonds is 5. The molecule has 0 radical (unpaired) electrons. The summed E-state index contributed by atoms with van der Waals surface area (Å²) in [5, 5.41) is 9.45. The highest BCUT2D eigenvalue weighted by Gasteiger charge is 2.13. The van der Waals surface area contributed by atoms with Crippen molar-refractivity contribution in [3.05, 3.63) is 18.1 Å². The second kappa shape index (κ2) is 5.72. The third-order valence-electron chi connectivity index (χ3n) is 2.95. The molecule has 3 heterocycles. The van der Waals surface area contributed by atoms with Crippen LogP contribution in [0.1, 0.15) is 19.0 Å². The fourth-order valence-corrected chi connectivity index (χ4v) is 2.96. The summed E-state index contributed by atoms with van der Waals surface area (Å²) in [4.78, 5) is 16.3. The van der Waals surface area contributed by atoms with Gasteiger partial charge in [-0.1, -0.05) is 6.92 Å². The minimum absolute atomic E-state index is 0.609. The molecule has 0 amide bonds. The Labute approximate surface area is 126 Å². The summed E-state index contributed by atoms with van der Waals surface area (Å²) in [6, 6.07) is 2.04. The lowest BCUT2D eigenvalue weighted by Crippen LogP contribution is -2.05. The number of H-pyrrole nitrogens is 1. The van der Waals surface area contributed by atoms with Crippen molar-refractivity contribution in [3.63, 3.8) is 0 Å². The number of aromatic nitrogens is 6. The Morgan fingerprint density at radius 2 is 2.24 bits per heavy atom. The number of nitrogens with one attached hydrogen (secondary N) is 2. The van der Waals surface area contributed by atoms with E-state index in [1.54, 1.807) is 18.1 Å². The van der Waals surface area contributed by atoms with Gasteiger partial charge >= 0.3 is 0 Å². The van der Waals surface area contributed by atoms with Gasteiger partial charge in [0, 0.05) is 13.6 Å². The fourth-order valence-electron chi connectivity index (χ4n) is 1.98. The van der Waals surface area contributed by atoms with Gasteiger partial charge < -0.3 is 10.3 Å². The number of nitrogens with zero attached hydrogens (tertiary/aromatic N) is 5. The van der Waals surface area contributed by atoms with E-state index in [0.29, 0.717) is 11.6 Å². The third-order valence-corrected chi connectivity index (χ3v) is 4.03. The lowest BCUT2D eigenvalue weighted by atomic mass is 10.5. The Balaban J connectivity index is 1.99. The maximum atomic E-state index is 4.58. The van der Waals surface area contributed by atoms with Gasteiger partial charge in [-0.3, -0.25) is 4.68 Å². The largest absolute Gasteiger partial charge is 0.354 e. The molecule has 0 atom stereocenters. The zero-order chi connectivity index (χ0) is 14.8. The molecule has 0 fully saturated rings. The standard InChI is InChI=1S/C13H17N7S/c1-4-5-14-13-17-11-10(15-7-16-11)12(18-13)21-9-6-8(2)19-20(9)3/h6-7H,4-5H2,1-3H3,(H2,14,15,16,17,18). The summed E-state index contributed by atoms with van der Waals surface area (Å²) in [5.41, 5.74) is 2.50. The van der Waals surface area contributed by atoms with Gasteiger partial charge in [0.25, 0.3) is 0 Å². The summed E-state index contributed by atoms with van der Waals surface area (Å²) in [7, 11) is 1.93. The van der Waals surface area contributed by atoms with E-state index in [1.807, 2.05) is 24.7 Å². The van der Waals surface area contributed by atoms with Crippen molar-refractivity contribution in [2.75, 3.05) is 11.9 Å². The van der Waals surface area contributed by atoms with Gasteiger partial charge in [0.05, 0.1) is 12.0 Å². The molecule has 7 nitrogen and oxygen atoms in total. The van der Waals surface area contributed by atoms with Crippen molar-refractivity contribution < 1.29 is 0 Å². The molecule has 21 heavy (non-hydrogen) atoms. The van der Waals surface area contributed by atoms with Gasteiger partial charge in [-0.25, -0.2) is 9.97 Å². The Morgan fingerprint density at radius 3 is 2.95 bits per heavy atom. The average Bonchev–Trinajstić information content (AvgIpc) is 3.03. The molecule has 0 saturated heterocycles. The van der Waals surface area contributed by atoms with Crippen LogP contribution in [-0.2, 0) is 7.05 Å². The van der Waals surface area contributed by atoms with Crippen LogP contribution in [0.2, 0.25) is 0 Å². The molecule has 0 unspecified atom stereocenters. The Bertz CT molecular complexity index is 761. The van der Waals surface area contributed by atoms with E-state index in [2.05, 4.69) is 37.3 Å². The minimum atomic E-state index is 0.609. The number of fused-ring (bicyclic) bond motifs is 1. The van der Waals surface area contributed by atoms with E-state index in [4.69, 9.17) is 0 Å². The summed E-state index contributed by atoms with van der Waals surface area (Å²) < 4.78 is 1.85. The summed E-state index contributed by atoms with van der Waals surface area (Å²) >= 11 is 1.55. The predicted molar refractivity (Wildman–Crippen MR) is 82.5 cm³/mol. The van der Waals surface area contributed by atoms with Gasteiger partial charge in [0.2, 0.25) is 5.95 Å². The number of aromatic amines is 1. The van der Waals surface area contributed by atoms with Crippen molar-refractivity contribution >= 4 is 28.9 Å². The lowest BCUT2D eigenvalue weighted by Gasteiger charge is -2.06. The molecule has 0 aliphatic carbocycles. The van der Waals surface area contributed by atoms with Gasteiger partial charge in [0.15, 0.2) is 5.65 Å². The molecule has 0 aliphatic rings. The monoisotopic (exact) mass is 303 g/mol. The van der Waals surface area contributed by atoms with Crippen molar-refractivity contribution in [2.24, 2.45) is 7.05 Å². The zero-order valence-corrected chi connectivity index (χ0v) is 13.0. The second-order valence-corrected chi connectivity index (χ2v) is 5.74. The SMILES string of the molecule is CCCNc1nc(Sc2cc(C)nn2C)c2[nH]cnc2n1. The highest BCUT2D eigenvalue weighted by molar-refractivity contribution is 7.99. The van der Waals surface area contributed by atoms with Gasteiger partial charge in [-0.2, -0.15) is 10.1 Å². The summed E-state index contributed by atoms with van der Waals surface area (Å²) in [6.45, 7) is 4.92. The first kappa shape index (κ1) is 13.9. The van der Waals surface area contributed by atoms with Gasteiger partial charge in [0.1, 0.15) is 15.6 Å². The highest BCUT2D eigenvalue weighted by Crippen LogP contribution is 2.31.